The van der Waals surface area contributed by atoms with Crippen LogP contribution in [0.5, 0.6) is 0 Å². The summed E-state index contributed by atoms with van der Waals surface area (Å²) in [6.07, 6.45) is 0.566. The molecule has 0 aliphatic carbocycles. The lowest BCUT2D eigenvalue weighted by Crippen LogP contribution is -2.02. The van der Waals surface area contributed by atoms with Crippen molar-refractivity contribution >= 4 is 66.9 Å². The fraction of sp³-hybridized carbons (Fsp3) is 0.222. The van der Waals surface area contributed by atoms with Gasteiger partial charge in [-0.15, -0.1) is 0 Å². The molecule has 0 saturated carbocycles. The van der Waals surface area contributed by atoms with Gasteiger partial charge in [0.05, 0.1) is 0 Å². The van der Waals surface area contributed by atoms with Crippen molar-refractivity contribution in [1.82, 2.24) is 0 Å². The van der Waals surface area contributed by atoms with Crippen molar-refractivity contribution in [2.75, 3.05) is 5.33 Å². The largest absolute Gasteiger partial charge is 0.294 e. The molecule has 1 nitrogen and oxygen atoms in total. The highest BCUT2D eigenvalue weighted by Gasteiger charge is 2.09. The molecule has 0 fully saturated rings. The topological polar surface area (TPSA) is 17.1 Å². The molecule has 0 aromatic heterocycles. The Morgan fingerprint density at radius 1 is 1.38 bits per heavy atom. The van der Waals surface area contributed by atoms with Gasteiger partial charge in [0, 0.05) is 24.5 Å². The Morgan fingerprint density at radius 3 is 2.69 bits per heavy atom. The zero-order valence-electron chi connectivity index (χ0n) is 6.69. The lowest BCUT2D eigenvalue weighted by atomic mass is 10.1. The van der Waals surface area contributed by atoms with Crippen molar-refractivity contribution in [2.45, 2.75) is 6.42 Å². The Hall–Kier alpha value is 0.830. The predicted octanol–water partition coefficient (Wildman–Crippen LogP) is 3.86. The van der Waals surface area contributed by atoms with Crippen molar-refractivity contribution in [3.63, 3.8) is 0 Å². The molecule has 0 amide bonds. The molecule has 0 N–H and O–H groups in total. The van der Waals surface area contributed by atoms with Crippen LogP contribution in [0.3, 0.4) is 0 Å². The molecule has 0 radical (unpaired) electrons. The summed E-state index contributed by atoms with van der Waals surface area (Å²) in [4.78, 5) is 11.6. The Morgan fingerprint density at radius 2 is 2.08 bits per heavy atom. The van der Waals surface area contributed by atoms with Crippen LogP contribution in [-0.4, -0.2) is 11.1 Å². The Labute approximate surface area is 113 Å². The quantitative estimate of drug-likeness (QED) is 0.377. The number of benzene rings is 1. The van der Waals surface area contributed by atoms with Gasteiger partial charge in [-0.05, 0) is 63.4 Å². The van der Waals surface area contributed by atoms with E-state index in [1.165, 1.54) is 0 Å². The number of hydrogen-bond acceptors (Lipinski definition) is 1. The van der Waals surface area contributed by atoms with Crippen LogP contribution in [0.15, 0.2) is 18.2 Å². The highest BCUT2D eigenvalue weighted by molar-refractivity contribution is 14.1. The van der Waals surface area contributed by atoms with E-state index in [0.717, 1.165) is 18.0 Å². The van der Waals surface area contributed by atoms with Crippen LogP contribution in [0.4, 0.5) is 0 Å². The number of carbonyl (C=O) groups is 1. The third kappa shape index (κ3) is 3.47. The molecule has 0 unspecified atom stereocenters. The van der Waals surface area contributed by atoms with E-state index in [4.69, 9.17) is 0 Å². The maximum atomic E-state index is 11.6. The minimum absolute atomic E-state index is 0.208. The summed E-state index contributed by atoms with van der Waals surface area (Å²) in [5, 5.41) is 0.730. The Kier molecular flexibility index (Phi) is 5.17. The zero-order chi connectivity index (χ0) is 9.84. The summed E-state index contributed by atoms with van der Waals surface area (Å²) in [6, 6.07) is 5.92. The lowest BCUT2D eigenvalue weighted by molar-refractivity contribution is 0.0989. The van der Waals surface area contributed by atoms with E-state index < -0.39 is 0 Å². The molecule has 1 aromatic rings. The third-order valence-electron chi connectivity index (χ3n) is 1.55. The maximum Gasteiger partial charge on any atom is 0.164 e. The molecule has 70 valence electrons. The monoisotopic (exact) mass is 464 g/mol. The van der Waals surface area contributed by atoms with Gasteiger partial charge in [0.1, 0.15) is 0 Å². The summed E-state index contributed by atoms with van der Waals surface area (Å²) in [5.74, 6) is 0.208. The molecule has 0 saturated heterocycles. The standard InChI is InChI=1S/C9H7BrI2O/c10-4-3-9(13)7-5-6(11)1-2-8(7)12/h1-2,5H,3-4H2. The molecule has 0 aliphatic rings. The minimum Gasteiger partial charge on any atom is -0.294 e. The average molecular weight is 465 g/mol. The van der Waals surface area contributed by atoms with Crippen LogP contribution in [0.1, 0.15) is 16.8 Å². The van der Waals surface area contributed by atoms with Gasteiger partial charge in [0.15, 0.2) is 5.78 Å². The lowest BCUT2D eigenvalue weighted by Gasteiger charge is -2.02. The number of halogens is 3. The van der Waals surface area contributed by atoms with E-state index >= 15 is 0 Å². The molecule has 4 heteroatoms. The maximum absolute atomic E-state index is 11.6. The van der Waals surface area contributed by atoms with Gasteiger partial charge in [-0.3, -0.25) is 4.79 Å². The highest BCUT2D eigenvalue weighted by atomic mass is 127. The van der Waals surface area contributed by atoms with E-state index in [9.17, 15) is 4.79 Å². The van der Waals surface area contributed by atoms with Crippen molar-refractivity contribution in [1.29, 1.82) is 0 Å². The van der Waals surface area contributed by atoms with Gasteiger partial charge in [0.25, 0.3) is 0 Å². The third-order valence-corrected chi connectivity index (χ3v) is 3.56. The minimum atomic E-state index is 0.208. The van der Waals surface area contributed by atoms with Crippen LogP contribution < -0.4 is 0 Å². The van der Waals surface area contributed by atoms with E-state index in [2.05, 4.69) is 61.1 Å². The summed E-state index contributed by atoms with van der Waals surface area (Å²) in [5.41, 5.74) is 0.840. The number of rotatable bonds is 3. The summed E-state index contributed by atoms with van der Waals surface area (Å²) in [6.45, 7) is 0. The van der Waals surface area contributed by atoms with Crippen LogP contribution in [0.25, 0.3) is 0 Å². The molecule has 0 atom stereocenters. The number of hydrogen-bond donors (Lipinski definition) is 0. The zero-order valence-corrected chi connectivity index (χ0v) is 12.6. The fourth-order valence-corrected chi connectivity index (χ4v) is 2.42. The Bertz CT molecular complexity index is 325. The number of carbonyl (C=O) groups excluding carboxylic acids is 1. The smallest absolute Gasteiger partial charge is 0.164 e. The second-order valence-electron chi connectivity index (χ2n) is 2.49. The van der Waals surface area contributed by atoms with E-state index in [1.807, 2.05) is 18.2 Å². The summed E-state index contributed by atoms with van der Waals surface area (Å²) in [7, 11) is 0. The molecule has 1 rings (SSSR count). The van der Waals surface area contributed by atoms with E-state index in [-0.39, 0.29) is 5.78 Å². The van der Waals surface area contributed by atoms with Crippen molar-refractivity contribution in [3.8, 4) is 0 Å². The number of ketones is 1. The van der Waals surface area contributed by atoms with E-state index in [1.54, 1.807) is 0 Å². The highest BCUT2D eigenvalue weighted by Crippen LogP contribution is 2.17. The number of Topliss-reactive ketones (excluding diaryl/α,β-unsaturated/α-hetero) is 1. The molecule has 0 spiro atoms. The average Bonchev–Trinajstić information content (AvgIpc) is 2.09. The SMILES string of the molecule is O=C(CCBr)c1cc(I)ccc1I. The summed E-state index contributed by atoms with van der Waals surface area (Å²) >= 11 is 7.67. The van der Waals surface area contributed by atoms with Crippen LogP contribution >= 0.6 is 61.1 Å². The van der Waals surface area contributed by atoms with Crippen LogP contribution in [-0.2, 0) is 0 Å². The van der Waals surface area contributed by atoms with Crippen molar-refractivity contribution in [3.05, 3.63) is 30.9 Å². The fourth-order valence-electron chi connectivity index (χ4n) is 0.932. The molecular formula is C9H7BrI2O. The molecule has 1 aromatic carbocycles. The first-order valence-electron chi connectivity index (χ1n) is 3.69. The van der Waals surface area contributed by atoms with Gasteiger partial charge < -0.3 is 0 Å². The van der Waals surface area contributed by atoms with E-state index in [0.29, 0.717) is 6.42 Å². The second kappa shape index (κ2) is 5.65. The second-order valence-corrected chi connectivity index (χ2v) is 5.69. The molecule has 0 aliphatic heterocycles. The van der Waals surface area contributed by atoms with Crippen molar-refractivity contribution in [2.24, 2.45) is 0 Å². The van der Waals surface area contributed by atoms with Gasteiger partial charge in [0.2, 0.25) is 0 Å². The van der Waals surface area contributed by atoms with Gasteiger partial charge in [-0.25, -0.2) is 0 Å². The Balaban J connectivity index is 2.99. The predicted molar refractivity (Wildman–Crippen MR) is 74.6 cm³/mol. The summed E-state index contributed by atoms with van der Waals surface area (Å²) < 4.78 is 2.14. The van der Waals surface area contributed by atoms with Crippen LogP contribution in [0.2, 0.25) is 0 Å². The molecule has 13 heavy (non-hydrogen) atoms. The van der Waals surface area contributed by atoms with Gasteiger partial charge in [-0.1, -0.05) is 15.9 Å². The first-order valence-corrected chi connectivity index (χ1v) is 6.97. The van der Waals surface area contributed by atoms with Crippen molar-refractivity contribution < 1.29 is 4.79 Å². The van der Waals surface area contributed by atoms with Gasteiger partial charge >= 0.3 is 0 Å². The van der Waals surface area contributed by atoms with Gasteiger partial charge in [-0.2, -0.15) is 0 Å². The molecule has 0 heterocycles. The molecular weight excluding hydrogens is 458 g/mol. The molecule has 0 bridgehead atoms. The number of alkyl halides is 1. The normalized spacial score (nSPS) is 10.1. The first kappa shape index (κ1) is 11.9. The first-order chi connectivity index (χ1) is 6.15. The van der Waals surface area contributed by atoms with Crippen LogP contribution in [0, 0.1) is 7.14 Å².